The van der Waals surface area contributed by atoms with E-state index in [0.717, 1.165) is 42.9 Å². The summed E-state index contributed by atoms with van der Waals surface area (Å²) >= 11 is 0. The zero-order chi connectivity index (χ0) is 19.4. The fraction of sp³-hybridized carbons (Fsp3) is 0.350. The molecule has 1 saturated heterocycles. The van der Waals surface area contributed by atoms with Gasteiger partial charge in [0.05, 0.1) is 11.5 Å². The minimum atomic E-state index is -4.38. The third-order valence-corrected chi connectivity index (χ3v) is 4.57. The zero-order valence-electron chi connectivity index (χ0n) is 14.9. The van der Waals surface area contributed by atoms with E-state index in [4.69, 9.17) is 4.74 Å². The summed E-state index contributed by atoms with van der Waals surface area (Å²) in [5.41, 5.74) is 1.27. The van der Waals surface area contributed by atoms with E-state index in [1.54, 1.807) is 7.05 Å². The summed E-state index contributed by atoms with van der Waals surface area (Å²) in [6.45, 7) is 2.46. The Bertz CT molecular complexity index is 785. The van der Waals surface area contributed by atoms with Gasteiger partial charge in [0.25, 0.3) is 0 Å². The molecule has 0 unspecified atom stereocenters. The maximum atomic E-state index is 12.7. The van der Waals surface area contributed by atoms with E-state index in [2.05, 4.69) is 10.2 Å². The number of amides is 1. The Morgan fingerprint density at radius 1 is 1.15 bits per heavy atom. The smallest absolute Gasteiger partial charge is 0.416 e. The number of hydrogen-bond donors (Lipinski definition) is 1. The van der Waals surface area contributed by atoms with Gasteiger partial charge in [0.2, 0.25) is 5.91 Å². The molecule has 0 spiro atoms. The molecular weight excluding hydrogens is 357 g/mol. The second-order valence-corrected chi connectivity index (χ2v) is 6.64. The number of ether oxygens (including phenoxy) is 1. The average molecular weight is 378 g/mol. The number of hydrogen-bond acceptors (Lipinski definition) is 3. The number of carbonyl (C=O) groups is 1. The zero-order valence-corrected chi connectivity index (χ0v) is 14.9. The monoisotopic (exact) mass is 378 g/mol. The van der Waals surface area contributed by atoms with Gasteiger partial charge < -0.3 is 10.1 Å². The normalized spacial score (nSPS) is 15.3. The third-order valence-electron chi connectivity index (χ3n) is 4.57. The summed E-state index contributed by atoms with van der Waals surface area (Å²) in [5, 5.41) is 2.66. The third kappa shape index (κ3) is 5.01. The molecule has 0 saturated carbocycles. The highest BCUT2D eigenvalue weighted by Crippen LogP contribution is 2.31. The summed E-state index contributed by atoms with van der Waals surface area (Å²) in [4.78, 5) is 13.7. The SMILES string of the molecule is CNC(=O)C1CN(Cc2ccc(COc3cccc(C(F)(F)F)c3)cc2)C1. The molecule has 1 amide bonds. The van der Waals surface area contributed by atoms with Crippen LogP contribution in [0.15, 0.2) is 48.5 Å². The molecule has 2 aromatic carbocycles. The van der Waals surface area contributed by atoms with Gasteiger partial charge in [-0.25, -0.2) is 0 Å². The second-order valence-electron chi connectivity index (χ2n) is 6.64. The van der Waals surface area contributed by atoms with Crippen LogP contribution in [0.25, 0.3) is 0 Å². The van der Waals surface area contributed by atoms with Crippen molar-refractivity contribution >= 4 is 5.91 Å². The minimum Gasteiger partial charge on any atom is -0.489 e. The van der Waals surface area contributed by atoms with E-state index in [-0.39, 0.29) is 24.2 Å². The van der Waals surface area contributed by atoms with E-state index in [1.165, 1.54) is 12.1 Å². The molecule has 1 N–H and O–H groups in total. The molecule has 0 aromatic heterocycles. The van der Waals surface area contributed by atoms with Crippen molar-refractivity contribution in [3.8, 4) is 5.75 Å². The number of alkyl halides is 3. The van der Waals surface area contributed by atoms with Crippen LogP contribution in [0, 0.1) is 5.92 Å². The number of nitrogens with zero attached hydrogens (tertiary/aromatic N) is 1. The molecule has 0 aliphatic carbocycles. The maximum Gasteiger partial charge on any atom is 0.416 e. The number of nitrogens with one attached hydrogen (secondary N) is 1. The second kappa shape index (κ2) is 8.00. The highest BCUT2D eigenvalue weighted by atomic mass is 19.4. The largest absolute Gasteiger partial charge is 0.489 e. The molecular formula is C20H21F3N2O2. The summed E-state index contributed by atoms with van der Waals surface area (Å²) < 4.78 is 43.6. The predicted molar refractivity (Wildman–Crippen MR) is 95.1 cm³/mol. The van der Waals surface area contributed by atoms with Crippen LogP contribution >= 0.6 is 0 Å². The summed E-state index contributed by atoms with van der Waals surface area (Å²) in [6.07, 6.45) is -4.38. The molecule has 3 rings (SSSR count). The van der Waals surface area contributed by atoms with Crippen molar-refractivity contribution < 1.29 is 22.7 Å². The molecule has 0 atom stereocenters. The van der Waals surface area contributed by atoms with Crippen LogP contribution in [0.3, 0.4) is 0 Å². The number of carbonyl (C=O) groups excluding carboxylic acids is 1. The van der Waals surface area contributed by atoms with E-state index in [1.807, 2.05) is 24.3 Å². The van der Waals surface area contributed by atoms with Crippen molar-refractivity contribution in [1.29, 1.82) is 0 Å². The van der Waals surface area contributed by atoms with Crippen LogP contribution < -0.4 is 10.1 Å². The van der Waals surface area contributed by atoms with E-state index in [9.17, 15) is 18.0 Å². The van der Waals surface area contributed by atoms with Gasteiger partial charge in [-0.2, -0.15) is 13.2 Å². The fourth-order valence-electron chi connectivity index (χ4n) is 3.00. The van der Waals surface area contributed by atoms with Gasteiger partial charge in [0, 0.05) is 26.7 Å². The Kier molecular flexibility index (Phi) is 5.70. The summed E-state index contributed by atoms with van der Waals surface area (Å²) in [7, 11) is 1.64. The molecule has 1 heterocycles. The van der Waals surface area contributed by atoms with Gasteiger partial charge in [-0.05, 0) is 29.3 Å². The van der Waals surface area contributed by atoms with Crippen molar-refractivity contribution in [2.75, 3.05) is 20.1 Å². The van der Waals surface area contributed by atoms with E-state index >= 15 is 0 Å². The average Bonchev–Trinajstić information content (AvgIpc) is 2.62. The molecule has 1 aliphatic rings. The number of rotatable bonds is 6. The lowest BCUT2D eigenvalue weighted by molar-refractivity contribution is -0.137. The van der Waals surface area contributed by atoms with Crippen molar-refractivity contribution in [2.24, 2.45) is 5.92 Å². The number of halogens is 3. The van der Waals surface area contributed by atoms with Gasteiger partial charge >= 0.3 is 6.18 Å². The molecule has 1 fully saturated rings. The standard InChI is InChI=1S/C20H21F3N2O2/c1-24-19(26)16-11-25(12-16)10-14-5-7-15(8-6-14)13-27-18-4-2-3-17(9-18)20(21,22)23/h2-9,16H,10-13H2,1H3,(H,24,26). The molecule has 7 heteroatoms. The molecule has 27 heavy (non-hydrogen) atoms. The van der Waals surface area contributed by atoms with Gasteiger partial charge in [-0.15, -0.1) is 0 Å². The van der Waals surface area contributed by atoms with Crippen molar-refractivity contribution in [2.45, 2.75) is 19.3 Å². The number of likely N-dealkylation sites (tertiary alicyclic amines) is 1. The summed E-state index contributed by atoms with van der Waals surface area (Å²) in [6, 6.07) is 12.6. The Morgan fingerprint density at radius 3 is 2.44 bits per heavy atom. The Labute approximate surface area is 155 Å². The Morgan fingerprint density at radius 2 is 1.81 bits per heavy atom. The van der Waals surface area contributed by atoms with Gasteiger partial charge in [0.15, 0.2) is 0 Å². The molecule has 2 aromatic rings. The van der Waals surface area contributed by atoms with Crippen molar-refractivity contribution in [3.63, 3.8) is 0 Å². The lowest BCUT2D eigenvalue weighted by Gasteiger charge is -2.38. The first-order valence-corrected chi connectivity index (χ1v) is 8.67. The van der Waals surface area contributed by atoms with E-state index in [0.29, 0.717) is 0 Å². The Hall–Kier alpha value is -2.54. The van der Waals surface area contributed by atoms with E-state index < -0.39 is 11.7 Å². The first kappa shape index (κ1) is 19.2. The Balaban J connectivity index is 1.49. The fourth-order valence-corrected chi connectivity index (χ4v) is 3.00. The van der Waals surface area contributed by atoms with Crippen molar-refractivity contribution in [3.05, 3.63) is 65.2 Å². The number of benzene rings is 2. The molecule has 1 aliphatic heterocycles. The van der Waals surface area contributed by atoms with Crippen LogP contribution in [0.2, 0.25) is 0 Å². The van der Waals surface area contributed by atoms with Gasteiger partial charge in [-0.3, -0.25) is 9.69 Å². The van der Waals surface area contributed by atoms with Crippen LogP contribution in [0.5, 0.6) is 5.75 Å². The first-order chi connectivity index (χ1) is 12.8. The first-order valence-electron chi connectivity index (χ1n) is 8.67. The van der Waals surface area contributed by atoms with Gasteiger partial charge in [0.1, 0.15) is 12.4 Å². The maximum absolute atomic E-state index is 12.7. The van der Waals surface area contributed by atoms with Crippen LogP contribution in [-0.2, 0) is 24.1 Å². The lowest BCUT2D eigenvalue weighted by Crippen LogP contribution is -2.52. The molecule has 144 valence electrons. The quantitative estimate of drug-likeness (QED) is 0.837. The highest BCUT2D eigenvalue weighted by molar-refractivity contribution is 5.79. The topological polar surface area (TPSA) is 41.6 Å². The highest BCUT2D eigenvalue weighted by Gasteiger charge is 2.32. The molecule has 0 radical (unpaired) electrons. The molecule has 4 nitrogen and oxygen atoms in total. The van der Waals surface area contributed by atoms with Crippen molar-refractivity contribution in [1.82, 2.24) is 10.2 Å². The summed E-state index contributed by atoms with van der Waals surface area (Å²) in [5.74, 6) is 0.332. The van der Waals surface area contributed by atoms with Crippen LogP contribution in [-0.4, -0.2) is 30.9 Å². The lowest BCUT2D eigenvalue weighted by atomic mass is 9.98. The van der Waals surface area contributed by atoms with Crippen LogP contribution in [0.1, 0.15) is 16.7 Å². The van der Waals surface area contributed by atoms with Crippen LogP contribution in [0.4, 0.5) is 13.2 Å². The predicted octanol–water partition coefficient (Wildman–Crippen LogP) is 3.46. The van der Waals surface area contributed by atoms with Gasteiger partial charge in [-0.1, -0.05) is 30.3 Å². The minimum absolute atomic E-state index is 0.0649. The molecule has 0 bridgehead atoms.